The molecular weight excluding hydrogens is 170 g/mol. The van der Waals surface area contributed by atoms with Crippen LogP contribution < -0.4 is 5.32 Å². The van der Waals surface area contributed by atoms with Gasteiger partial charge < -0.3 is 5.32 Å². The third kappa shape index (κ3) is 1.69. The molecule has 0 bridgehead atoms. The Morgan fingerprint density at radius 2 is 2.14 bits per heavy atom. The van der Waals surface area contributed by atoms with Crippen molar-refractivity contribution in [2.75, 3.05) is 6.54 Å². The zero-order valence-electron chi connectivity index (χ0n) is 9.30. The summed E-state index contributed by atoms with van der Waals surface area (Å²) in [6.45, 7) is 8.97. The highest BCUT2D eigenvalue weighted by atomic mass is 14.9. The van der Waals surface area contributed by atoms with Gasteiger partial charge in [0.2, 0.25) is 0 Å². The molecule has 0 saturated carbocycles. The van der Waals surface area contributed by atoms with E-state index < -0.39 is 0 Å². The maximum Gasteiger partial charge on any atom is 0.0208 e. The van der Waals surface area contributed by atoms with Gasteiger partial charge in [-0.15, -0.1) is 0 Å². The lowest BCUT2D eigenvalue weighted by atomic mass is 9.82. The molecule has 1 N–H and O–H groups in total. The van der Waals surface area contributed by atoms with Crippen molar-refractivity contribution in [2.45, 2.75) is 33.2 Å². The van der Waals surface area contributed by atoms with Crippen LogP contribution in [-0.2, 0) is 6.54 Å². The fraction of sp³-hybridized carbons (Fsp3) is 0.538. The summed E-state index contributed by atoms with van der Waals surface area (Å²) in [4.78, 5) is 0. The molecule has 0 aliphatic carbocycles. The predicted octanol–water partition coefficient (Wildman–Crippen LogP) is 2.84. The van der Waals surface area contributed by atoms with E-state index in [1.165, 1.54) is 11.1 Å². The maximum atomic E-state index is 3.49. The molecule has 14 heavy (non-hydrogen) atoms. The number of hydrogen-bond acceptors (Lipinski definition) is 1. The Morgan fingerprint density at radius 3 is 2.86 bits per heavy atom. The van der Waals surface area contributed by atoms with Crippen molar-refractivity contribution in [1.82, 2.24) is 5.32 Å². The first-order valence-corrected chi connectivity index (χ1v) is 5.48. The molecule has 0 amide bonds. The molecule has 0 radical (unpaired) electrons. The minimum absolute atomic E-state index is 0.693. The Hall–Kier alpha value is -0.820. The number of aryl methyl sites for hydroxylation is 1. The molecule has 1 aromatic carbocycles. The average molecular weight is 189 g/mol. The van der Waals surface area contributed by atoms with Gasteiger partial charge in [0, 0.05) is 13.1 Å². The minimum atomic E-state index is 0.693. The number of benzene rings is 1. The first-order chi connectivity index (χ1) is 6.68. The van der Waals surface area contributed by atoms with Crippen LogP contribution in [0.5, 0.6) is 0 Å². The SMILES string of the molecule is Cc1ccc2c(c1)C(C(C)C)CNC2. The summed E-state index contributed by atoms with van der Waals surface area (Å²) in [5, 5.41) is 3.49. The Bertz CT molecular complexity index is 328. The second-order valence-corrected chi connectivity index (χ2v) is 4.68. The lowest BCUT2D eigenvalue weighted by molar-refractivity contribution is 0.436. The zero-order valence-corrected chi connectivity index (χ0v) is 9.30. The third-order valence-electron chi connectivity index (χ3n) is 3.19. The molecule has 0 aromatic heterocycles. The molecule has 0 saturated heterocycles. The van der Waals surface area contributed by atoms with Crippen molar-refractivity contribution in [3.63, 3.8) is 0 Å². The third-order valence-corrected chi connectivity index (χ3v) is 3.19. The highest BCUT2D eigenvalue weighted by Crippen LogP contribution is 2.30. The van der Waals surface area contributed by atoms with E-state index in [1.54, 1.807) is 5.56 Å². The normalized spacial score (nSPS) is 21.0. The van der Waals surface area contributed by atoms with E-state index in [0.717, 1.165) is 19.0 Å². The standard InChI is InChI=1S/C13H19N/c1-9(2)13-8-14-7-11-5-4-10(3)6-12(11)13/h4-6,9,13-14H,7-8H2,1-3H3. The minimum Gasteiger partial charge on any atom is -0.312 e. The largest absolute Gasteiger partial charge is 0.312 e. The van der Waals surface area contributed by atoms with Gasteiger partial charge in [0.1, 0.15) is 0 Å². The van der Waals surface area contributed by atoms with Gasteiger partial charge in [0.05, 0.1) is 0 Å². The maximum absolute atomic E-state index is 3.49. The van der Waals surface area contributed by atoms with Crippen LogP contribution in [0.25, 0.3) is 0 Å². The lowest BCUT2D eigenvalue weighted by Crippen LogP contribution is -2.30. The van der Waals surface area contributed by atoms with Gasteiger partial charge in [-0.3, -0.25) is 0 Å². The fourth-order valence-electron chi connectivity index (χ4n) is 2.29. The molecule has 1 aromatic rings. The van der Waals surface area contributed by atoms with Crippen molar-refractivity contribution in [3.8, 4) is 0 Å². The summed E-state index contributed by atoms with van der Waals surface area (Å²) in [5.41, 5.74) is 4.44. The van der Waals surface area contributed by atoms with Gasteiger partial charge in [0.15, 0.2) is 0 Å². The second kappa shape index (κ2) is 3.74. The molecule has 1 unspecified atom stereocenters. The summed E-state index contributed by atoms with van der Waals surface area (Å²) in [5.74, 6) is 1.42. The molecule has 1 nitrogen and oxygen atoms in total. The highest BCUT2D eigenvalue weighted by Gasteiger charge is 2.22. The highest BCUT2D eigenvalue weighted by molar-refractivity contribution is 5.36. The van der Waals surface area contributed by atoms with E-state index in [9.17, 15) is 0 Å². The first-order valence-electron chi connectivity index (χ1n) is 5.48. The molecule has 1 heterocycles. The lowest BCUT2D eigenvalue weighted by Gasteiger charge is -2.29. The van der Waals surface area contributed by atoms with Crippen LogP contribution in [0.2, 0.25) is 0 Å². The molecular formula is C13H19N. The Balaban J connectivity index is 2.41. The van der Waals surface area contributed by atoms with E-state index in [0.29, 0.717) is 5.92 Å². The van der Waals surface area contributed by atoms with Crippen molar-refractivity contribution in [2.24, 2.45) is 5.92 Å². The van der Waals surface area contributed by atoms with Crippen LogP contribution in [0.1, 0.15) is 36.5 Å². The number of hydrogen-bond donors (Lipinski definition) is 1. The summed E-state index contributed by atoms with van der Waals surface area (Å²) < 4.78 is 0. The van der Waals surface area contributed by atoms with Gasteiger partial charge in [-0.25, -0.2) is 0 Å². The van der Waals surface area contributed by atoms with Crippen molar-refractivity contribution in [3.05, 3.63) is 34.9 Å². The van der Waals surface area contributed by atoms with Crippen LogP contribution in [-0.4, -0.2) is 6.54 Å². The van der Waals surface area contributed by atoms with Gasteiger partial charge >= 0.3 is 0 Å². The molecule has 2 rings (SSSR count). The Kier molecular flexibility index (Phi) is 2.60. The van der Waals surface area contributed by atoms with Gasteiger partial charge in [-0.05, 0) is 29.9 Å². The van der Waals surface area contributed by atoms with E-state index in [2.05, 4.69) is 44.3 Å². The summed E-state index contributed by atoms with van der Waals surface area (Å²) in [7, 11) is 0. The van der Waals surface area contributed by atoms with E-state index >= 15 is 0 Å². The van der Waals surface area contributed by atoms with Crippen LogP contribution >= 0.6 is 0 Å². The van der Waals surface area contributed by atoms with Crippen LogP contribution in [0, 0.1) is 12.8 Å². The van der Waals surface area contributed by atoms with Crippen molar-refractivity contribution in [1.29, 1.82) is 0 Å². The summed E-state index contributed by atoms with van der Waals surface area (Å²) in [6, 6.07) is 6.84. The van der Waals surface area contributed by atoms with E-state index in [4.69, 9.17) is 0 Å². The first kappa shape index (κ1) is 9.72. The van der Waals surface area contributed by atoms with Crippen LogP contribution in [0.3, 0.4) is 0 Å². The molecule has 1 heteroatoms. The fourth-order valence-corrected chi connectivity index (χ4v) is 2.29. The second-order valence-electron chi connectivity index (χ2n) is 4.68. The molecule has 1 aliphatic heterocycles. The van der Waals surface area contributed by atoms with E-state index in [-0.39, 0.29) is 0 Å². The van der Waals surface area contributed by atoms with Crippen LogP contribution in [0.15, 0.2) is 18.2 Å². The molecule has 0 spiro atoms. The molecule has 1 atom stereocenters. The van der Waals surface area contributed by atoms with Crippen LogP contribution in [0.4, 0.5) is 0 Å². The smallest absolute Gasteiger partial charge is 0.0208 e. The number of rotatable bonds is 1. The Morgan fingerprint density at radius 1 is 1.36 bits per heavy atom. The zero-order chi connectivity index (χ0) is 10.1. The quantitative estimate of drug-likeness (QED) is 0.716. The topological polar surface area (TPSA) is 12.0 Å². The molecule has 1 aliphatic rings. The molecule has 0 fully saturated rings. The summed E-state index contributed by atoms with van der Waals surface area (Å²) >= 11 is 0. The predicted molar refractivity (Wildman–Crippen MR) is 60.5 cm³/mol. The average Bonchev–Trinajstić information content (AvgIpc) is 2.16. The number of nitrogens with one attached hydrogen (secondary N) is 1. The summed E-state index contributed by atoms with van der Waals surface area (Å²) in [6.07, 6.45) is 0. The van der Waals surface area contributed by atoms with Crippen molar-refractivity contribution < 1.29 is 0 Å². The van der Waals surface area contributed by atoms with E-state index in [1.807, 2.05) is 0 Å². The van der Waals surface area contributed by atoms with Crippen molar-refractivity contribution >= 4 is 0 Å². The number of fused-ring (bicyclic) bond motifs is 1. The molecule has 76 valence electrons. The Labute approximate surface area is 86.5 Å². The van der Waals surface area contributed by atoms with Gasteiger partial charge in [-0.2, -0.15) is 0 Å². The van der Waals surface area contributed by atoms with Gasteiger partial charge in [-0.1, -0.05) is 37.6 Å². The van der Waals surface area contributed by atoms with Gasteiger partial charge in [0.25, 0.3) is 0 Å². The monoisotopic (exact) mass is 189 g/mol.